The highest BCUT2D eigenvalue weighted by atomic mass is 32.2. The number of hydrogen-bond acceptors (Lipinski definition) is 9. The SMILES string of the molecule is CCCC(C)c1nc(O)c(NS(=O)(=O)CCc2ncc(F)cn2)c(=O)n1-c1c(OC)cccc1OC. The molecule has 0 saturated carbocycles. The number of nitrogens with zero attached hydrogens (tertiary/aromatic N) is 4. The molecule has 2 heterocycles. The third-order valence-electron chi connectivity index (χ3n) is 5.40. The fourth-order valence-corrected chi connectivity index (χ4v) is 4.72. The number of aryl methyl sites for hydroxylation is 1. The van der Waals surface area contributed by atoms with Crippen LogP contribution in [-0.4, -0.2) is 53.0 Å². The predicted octanol–water partition coefficient (Wildman–Crippen LogP) is 2.77. The van der Waals surface area contributed by atoms with Gasteiger partial charge in [0.05, 0.1) is 32.4 Å². The second-order valence-electron chi connectivity index (χ2n) is 8.00. The van der Waals surface area contributed by atoms with E-state index >= 15 is 0 Å². The number of methoxy groups -OCH3 is 2. The van der Waals surface area contributed by atoms with Crippen molar-refractivity contribution >= 4 is 15.7 Å². The van der Waals surface area contributed by atoms with Crippen molar-refractivity contribution in [2.24, 2.45) is 0 Å². The summed E-state index contributed by atoms with van der Waals surface area (Å²) in [6, 6.07) is 4.92. The van der Waals surface area contributed by atoms with Gasteiger partial charge in [0, 0.05) is 12.3 Å². The summed E-state index contributed by atoms with van der Waals surface area (Å²) in [6.45, 7) is 3.81. The highest BCUT2D eigenvalue weighted by Crippen LogP contribution is 2.35. The van der Waals surface area contributed by atoms with Crippen LogP contribution >= 0.6 is 0 Å². The highest BCUT2D eigenvalue weighted by molar-refractivity contribution is 7.92. The highest BCUT2D eigenvalue weighted by Gasteiger charge is 2.27. The fourth-order valence-electron chi connectivity index (χ4n) is 3.68. The van der Waals surface area contributed by atoms with Crippen LogP contribution < -0.4 is 19.8 Å². The Kier molecular flexibility index (Phi) is 8.45. The second-order valence-corrected chi connectivity index (χ2v) is 9.84. The lowest BCUT2D eigenvalue weighted by atomic mass is 10.0. The van der Waals surface area contributed by atoms with Gasteiger partial charge in [0.15, 0.2) is 11.5 Å². The standard InChI is InChI=1S/C23H28FN5O6S/c1-5-7-14(2)21-27-22(30)19(28-36(32,33)11-10-18-25-12-15(24)13-26-18)23(31)29(21)20-16(34-3)8-6-9-17(20)35-4/h6,8-9,12-14,28,30H,5,7,10-11H2,1-4H3. The topological polar surface area (TPSA) is 146 Å². The lowest BCUT2D eigenvalue weighted by molar-refractivity contribution is 0.387. The number of rotatable bonds is 11. The van der Waals surface area contributed by atoms with Gasteiger partial charge in [-0.3, -0.25) is 14.1 Å². The van der Waals surface area contributed by atoms with Crippen LogP contribution in [0.25, 0.3) is 5.69 Å². The minimum atomic E-state index is -4.16. The number of anilines is 1. The van der Waals surface area contributed by atoms with Crippen molar-refractivity contribution in [3.05, 3.63) is 58.4 Å². The van der Waals surface area contributed by atoms with Crippen molar-refractivity contribution < 1.29 is 27.4 Å². The van der Waals surface area contributed by atoms with Gasteiger partial charge in [0.2, 0.25) is 15.9 Å². The van der Waals surface area contributed by atoms with E-state index < -0.39 is 38.7 Å². The number of aromatic hydroxyl groups is 1. The molecule has 0 aliphatic carbocycles. The maximum atomic E-state index is 13.7. The van der Waals surface area contributed by atoms with Crippen LogP contribution in [0.15, 0.2) is 35.4 Å². The van der Waals surface area contributed by atoms with E-state index in [2.05, 4.69) is 19.7 Å². The number of hydrogen-bond donors (Lipinski definition) is 2. The van der Waals surface area contributed by atoms with Crippen LogP contribution in [0.5, 0.6) is 17.4 Å². The molecular formula is C23H28FN5O6S. The molecule has 0 radical (unpaired) electrons. The molecular weight excluding hydrogens is 493 g/mol. The molecule has 0 fully saturated rings. The Hall–Kier alpha value is -3.74. The van der Waals surface area contributed by atoms with Crippen LogP contribution in [-0.2, 0) is 16.4 Å². The van der Waals surface area contributed by atoms with Gasteiger partial charge in [0.25, 0.3) is 5.56 Å². The third kappa shape index (κ3) is 5.90. The summed E-state index contributed by atoms with van der Waals surface area (Å²) < 4.78 is 52.8. The second kappa shape index (κ2) is 11.3. The van der Waals surface area contributed by atoms with E-state index in [1.807, 2.05) is 13.8 Å². The third-order valence-corrected chi connectivity index (χ3v) is 6.66. The first-order valence-corrected chi connectivity index (χ1v) is 12.8. The average molecular weight is 522 g/mol. The van der Waals surface area contributed by atoms with Crippen molar-refractivity contribution in [3.63, 3.8) is 0 Å². The Labute approximate surface area is 208 Å². The number of para-hydroxylation sites is 1. The minimum Gasteiger partial charge on any atom is -0.494 e. The average Bonchev–Trinajstić information content (AvgIpc) is 2.85. The molecule has 1 unspecified atom stereocenters. The van der Waals surface area contributed by atoms with Crippen molar-refractivity contribution in [1.29, 1.82) is 0 Å². The van der Waals surface area contributed by atoms with E-state index in [9.17, 15) is 22.7 Å². The van der Waals surface area contributed by atoms with Crippen LogP contribution in [0.1, 0.15) is 44.3 Å². The van der Waals surface area contributed by atoms with E-state index in [0.717, 1.165) is 18.8 Å². The molecule has 11 nitrogen and oxygen atoms in total. The lowest BCUT2D eigenvalue weighted by Crippen LogP contribution is -2.31. The molecule has 3 rings (SSSR count). The Morgan fingerprint density at radius 1 is 1.17 bits per heavy atom. The number of aromatic nitrogens is 4. The Balaban J connectivity index is 2.12. The van der Waals surface area contributed by atoms with Crippen LogP contribution in [0.4, 0.5) is 10.1 Å². The maximum Gasteiger partial charge on any atom is 0.286 e. The van der Waals surface area contributed by atoms with Gasteiger partial charge < -0.3 is 14.6 Å². The van der Waals surface area contributed by atoms with Crippen molar-refractivity contribution in [1.82, 2.24) is 19.5 Å². The molecule has 0 saturated heterocycles. The van der Waals surface area contributed by atoms with E-state index in [4.69, 9.17) is 9.47 Å². The predicted molar refractivity (Wildman–Crippen MR) is 131 cm³/mol. The summed E-state index contributed by atoms with van der Waals surface area (Å²) in [6.07, 6.45) is 3.12. The molecule has 0 aliphatic rings. The summed E-state index contributed by atoms with van der Waals surface area (Å²) in [5.41, 5.74) is -1.27. The summed E-state index contributed by atoms with van der Waals surface area (Å²) >= 11 is 0. The minimum absolute atomic E-state index is 0.101. The molecule has 194 valence electrons. The molecule has 0 aliphatic heterocycles. The fraction of sp³-hybridized carbons (Fsp3) is 0.391. The number of benzene rings is 1. The van der Waals surface area contributed by atoms with E-state index in [1.165, 1.54) is 18.8 Å². The number of ether oxygens (including phenoxy) is 2. The van der Waals surface area contributed by atoms with Crippen molar-refractivity contribution in [2.45, 2.75) is 39.0 Å². The molecule has 13 heteroatoms. The van der Waals surface area contributed by atoms with E-state index in [0.29, 0.717) is 6.42 Å². The Morgan fingerprint density at radius 2 is 1.78 bits per heavy atom. The van der Waals surface area contributed by atoms with Crippen LogP contribution in [0, 0.1) is 5.82 Å². The summed E-state index contributed by atoms with van der Waals surface area (Å²) in [5, 5.41) is 10.6. The number of halogens is 1. The van der Waals surface area contributed by atoms with Crippen molar-refractivity contribution in [3.8, 4) is 23.1 Å². The molecule has 0 amide bonds. The van der Waals surface area contributed by atoms with Gasteiger partial charge in [-0.15, -0.1) is 0 Å². The molecule has 36 heavy (non-hydrogen) atoms. The molecule has 2 N–H and O–H groups in total. The number of sulfonamides is 1. The normalized spacial score (nSPS) is 12.2. The largest absolute Gasteiger partial charge is 0.494 e. The van der Waals surface area contributed by atoms with Crippen molar-refractivity contribution in [2.75, 3.05) is 24.7 Å². The first-order chi connectivity index (χ1) is 17.1. The van der Waals surface area contributed by atoms with Gasteiger partial charge in [-0.05, 0) is 18.6 Å². The maximum absolute atomic E-state index is 13.7. The molecule has 1 aromatic carbocycles. The van der Waals surface area contributed by atoms with Gasteiger partial charge in [0.1, 0.15) is 28.8 Å². The quantitative estimate of drug-likeness (QED) is 0.389. The first-order valence-electron chi connectivity index (χ1n) is 11.2. The summed E-state index contributed by atoms with van der Waals surface area (Å²) in [5.74, 6) is -1.32. The first kappa shape index (κ1) is 26.9. The van der Waals surface area contributed by atoms with E-state index in [-0.39, 0.29) is 41.2 Å². The lowest BCUT2D eigenvalue weighted by Gasteiger charge is -2.22. The van der Waals surface area contributed by atoms with E-state index in [1.54, 1.807) is 18.2 Å². The Morgan fingerprint density at radius 3 is 2.33 bits per heavy atom. The Bertz CT molecular complexity index is 1360. The molecule has 2 aromatic heterocycles. The van der Waals surface area contributed by atoms with Gasteiger partial charge >= 0.3 is 0 Å². The molecule has 3 aromatic rings. The number of nitrogens with one attached hydrogen (secondary N) is 1. The van der Waals surface area contributed by atoms with Crippen LogP contribution in [0.2, 0.25) is 0 Å². The zero-order valence-corrected chi connectivity index (χ0v) is 21.2. The van der Waals surface area contributed by atoms with Gasteiger partial charge in [-0.25, -0.2) is 22.8 Å². The molecule has 0 bridgehead atoms. The van der Waals surface area contributed by atoms with Crippen LogP contribution in [0.3, 0.4) is 0 Å². The smallest absolute Gasteiger partial charge is 0.286 e. The molecule has 0 spiro atoms. The summed E-state index contributed by atoms with van der Waals surface area (Å²) in [4.78, 5) is 25.4. The van der Waals surface area contributed by atoms with Gasteiger partial charge in [-0.1, -0.05) is 26.3 Å². The summed E-state index contributed by atoms with van der Waals surface area (Å²) in [7, 11) is -1.31. The zero-order chi connectivity index (χ0) is 26.5. The molecule has 1 atom stereocenters. The monoisotopic (exact) mass is 521 g/mol. The van der Waals surface area contributed by atoms with Gasteiger partial charge in [-0.2, -0.15) is 4.98 Å². The zero-order valence-electron chi connectivity index (χ0n) is 20.4.